The molecule has 3 aromatic rings. The van der Waals surface area contributed by atoms with Crippen molar-refractivity contribution in [2.75, 3.05) is 40.2 Å². The predicted octanol–water partition coefficient (Wildman–Crippen LogP) is 4.11. The molecule has 37 heavy (non-hydrogen) atoms. The minimum absolute atomic E-state index is 0.0899. The Balaban J connectivity index is 1.53. The van der Waals surface area contributed by atoms with E-state index in [1.807, 2.05) is 31.2 Å². The van der Waals surface area contributed by atoms with Crippen molar-refractivity contribution in [1.29, 1.82) is 0 Å². The highest BCUT2D eigenvalue weighted by molar-refractivity contribution is 5.96. The van der Waals surface area contributed by atoms with E-state index in [4.69, 9.17) is 23.4 Å². The molecule has 0 N–H and O–H groups in total. The largest absolute Gasteiger partial charge is 0.497 e. The van der Waals surface area contributed by atoms with Gasteiger partial charge in [0.05, 0.1) is 19.9 Å². The summed E-state index contributed by atoms with van der Waals surface area (Å²) in [5.41, 5.74) is 1.34. The topological polar surface area (TPSA) is 90.7 Å². The van der Waals surface area contributed by atoms with Crippen molar-refractivity contribution in [1.82, 2.24) is 9.80 Å². The molecule has 2 amide bonds. The summed E-state index contributed by atoms with van der Waals surface area (Å²) < 4.78 is 27.1. The first-order valence-corrected chi connectivity index (χ1v) is 12.3. The molecule has 196 valence electrons. The Hall–Kier alpha value is -3.98. The Labute approximate surface area is 216 Å². The minimum Gasteiger partial charge on any atom is -0.497 e. The average Bonchev–Trinajstić information content (AvgIpc) is 3.61. The lowest BCUT2D eigenvalue weighted by atomic mass is 10.1. The lowest BCUT2D eigenvalue weighted by Gasteiger charge is -2.27. The monoisotopic (exact) mass is 508 g/mol. The number of furan rings is 1. The van der Waals surface area contributed by atoms with E-state index in [9.17, 15) is 9.59 Å². The van der Waals surface area contributed by atoms with Gasteiger partial charge in [-0.2, -0.15) is 0 Å². The summed E-state index contributed by atoms with van der Waals surface area (Å²) in [6, 6.07) is 16.1. The van der Waals surface area contributed by atoms with Gasteiger partial charge in [0.25, 0.3) is 5.91 Å². The number of hydrogen-bond donors (Lipinski definition) is 0. The predicted molar refractivity (Wildman–Crippen MR) is 136 cm³/mol. The SMILES string of the molecule is CCOCCCN(CC(=O)N(Cc1ccc2c(c1)OCO2)Cc1ccco1)C(=O)c1cccc(OC)c1. The number of amides is 2. The molecule has 0 saturated carbocycles. The average molecular weight is 509 g/mol. The molecule has 0 atom stereocenters. The third-order valence-electron chi connectivity index (χ3n) is 5.94. The fraction of sp³-hybridized carbons (Fsp3) is 0.357. The van der Waals surface area contributed by atoms with Crippen LogP contribution in [0.15, 0.2) is 65.3 Å². The minimum atomic E-state index is -0.246. The van der Waals surface area contributed by atoms with E-state index in [2.05, 4.69) is 0 Å². The Morgan fingerprint density at radius 2 is 1.84 bits per heavy atom. The molecular formula is C28H32N2O7. The molecule has 0 spiro atoms. The van der Waals surface area contributed by atoms with Gasteiger partial charge in [0.2, 0.25) is 12.7 Å². The molecule has 1 aliphatic heterocycles. The Morgan fingerprint density at radius 1 is 0.973 bits per heavy atom. The molecule has 0 unspecified atom stereocenters. The second-order valence-electron chi connectivity index (χ2n) is 8.53. The highest BCUT2D eigenvalue weighted by Crippen LogP contribution is 2.33. The third-order valence-corrected chi connectivity index (χ3v) is 5.94. The second kappa shape index (κ2) is 12.8. The smallest absolute Gasteiger partial charge is 0.254 e. The molecule has 2 heterocycles. The molecule has 0 bridgehead atoms. The number of methoxy groups -OCH3 is 1. The number of nitrogens with zero attached hydrogens (tertiary/aromatic N) is 2. The van der Waals surface area contributed by atoms with Crippen molar-refractivity contribution in [2.45, 2.75) is 26.4 Å². The van der Waals surface area contributed by atoms with Crippen molar-refractivity contribution in [3.8, 4) is 17.2 Å². The normalized spacial score (nSPS) is 11.8. The van der Waals surface area contributed by atoms with Gasteiger partial charge in [0.15, 0.2) is 11.5 Å². The first-order chi connectivity index (χ1) is 18.1. The Bertz CT molecular complexity index is 1180. The van der Waals surface area contributed by atoms with E-state index < -0.39 is 0 Å². The standard InChI is InChI=1S/C28H32N2O7/c1-3-34-13-6-12-29(28(32)22-7-4-8-23(16-22)33-2)19-27(31)30(18-24-9-5-14-35-24)17-21-10-11-25-26(15-21)37-20-36-25/h4-5,7-11,14-16H,3,6,12-13,17-20H2,1-2H3. The summed E-state index contributed by atoms with van der Waals surface area (Å²) in [5.74, 6) is 2.10. The maximum atomic E-state index is 13.6. The quantitative estimate of drug-likeness (QED) is 0.321. The first-order valence-electron chi connectivity index (χ1n) is 12.3. The molecular weight excluding hydrogens is 476 g/mol. The van der Waals surface area contributed by atoms with Crippen LogP contribution in [0.25, 0.3) is 0 Å². The van der Waals surface area contributed by atoms with Gasteiger partial charge < -0.3 is 33.2 Å². The molecule has 1 aliphatic rings. The second-order valence-corrected chi connectivity index (χ2v) is 8.53. The summed E-state index contributed by atoms with van der Waals surface area (Å²) in [6.45, 7) is 4.06. The summed E-state index contributed by atoms with van der Waals surface area (Å²) >= 11 is 0. The molecule has 1 aromatic heterocycles. The van der Waals surface area contributed by atoms with E-state index in [0.717, 1.165) is 5.56 Å². The van der Waals surface area contributed by atoms with Crippen LogP contribution in [0.1, 0.15) is 35.0 Å². The van der Waals surface area contributed by atoms with Gasteiger partial charge in [0, 0.05) is 31.9 Å². The van der Waals surface area contributed by atoms with E-state index in [1.165, 1.54) is 0 Å². The summed E-state index contributed by atoms with van der Waals surface area (Å²) in [6.07, 6.45) is 2.18. The van der Waals surface area contributed by atoms with Gasteiger partial charge in [-0.15, -0.1) is 0 Å². The number of benzene rings is 2. The van der Waals surface area contributed by atoms with Crippen LogP contribution in [0.2, 0.25) is 0 Å². The highest BCUT2D eigenvalue weighted by atomic mass is 16.7. The van der Waals surface area contributed by atoms with Crippen LogP contribution in [0.3, 0.4) is 0 Å². The van der Waals surface area contributed by atoms with Gasteiger partial charge in [-0.1, -0.05) is 12.1 Å². The number of ether oxygens (including phenoxy) is 4. The van der Waals surface area contributed by atoms with Crippen LogP contribution in [0, 0.1) is 0 Å². The van der Waals surface area contributed by atoms with Crippen LogP contribution >= 0.6 is 0 Å². The number of carbonyl (C=O) groups is 2. The molecule has 0 saturated heterocycles. The zero-order chi connectivity index (χ0) is 26.0. The first kappa shape index (κ1) is 26.1. The molecule has 0 aliphatic carbocycles. The van der Waals surface area contributed by atoms with E-state index >= 15 is 0 Å². The molecule has 9 heteroatoms. The van der Waals surface area contributed by atoms with E-state index in [1.54, 1.807) is 53.5 Å². The molecule has 9 nitrogen and oxygen atoms in total. The Morgan fingerprint density at radius 3 is 2.62 bits per heavy atom. The number of carbonyl (C=O) groups excluding carboxylic acids is 2. The van der Waals surface area contributed by atoms with Crippen molar-refractivity contribution in [2.24, 2.45) is 0 Å². The molecule has 0 radical (unpaired) electrons. The summed E-state index contributed by atoms with van der Waals surface area (Å²) in [7, 11) is 1.55. The maximum absolute atomic E-state index is 13.6. The van der Waals surface area contributed by atoms with Gasteiger partial charge >= 0.3 is 0 Å². The van der Waals surface area contributed by atoms with Gasteiger partial charge in [-0.3, -0.25) is 9.59 Å². The number of rotatable bonds is 13. The number of hydrogen-bond acceptors (Lipinski definition) is 7. The maximum Gasteiger partial charge on any atom is 0.254 e. The van der Waals surface area contributed by atoms with E-state index in [0.29, 0.717) is 61.3 Å². The summed E-state index contributed by atoms with van der Waals surface area (Å²) in [4.78, 5) is 30.3. The Kier molecular flexibility index (Phi) is 9.04. The van der Waals surface area contributed by atoms with E-state index in [-0.39, 0.29) is 31.7 Å². The van der Waals surface area contributed by atoms with Gasteiger partial charge in [-0.25, -0.2) is 0 Å². The van der Waals surface area contributed by atoms with Crippen molar-refractivity contribution in [3.63, 3.8) is 0 Å². The van der Waals surface area contributed by atoms with Crippen LogP contribution in [0.4, 0.5) is 0 Å². The van der Waals surface area contributed by atoms with Crippen molar-refractivity contribution in [3.05, 3.63) is 77.7 Å². The number of fused-ring (bicyclic) bond motifs is 1. The molecule has 0 fully saturated rings. The summed E-state index contributed by atoms with van der Waals surface area (Å²) in [5, 5.41) is 0. The van der Waals surface area contributed by atoms with Crippen LogP contribution in [0.5, 0.6) is 17.2 Å². The fourth-order valence-corrected chi connectivity index (χ4v) is 4.04. The van der Waals surface area contributed by atoms with Crippen molar-refractivity contribution >= 4 is 11.8 Å². The zero-order valence-electron chi connectivity index (χ0n) is 21.2. The third kappa shape index (κ3) is 7.04. The van der Waals surface area contributed by atoms with Gasteiger partial charge in [-0.05, 0) is 61.4 Å². The fourth-order valence-electron chi connectivity index (χ4n) is 4.04. The van der Waals surface area contributed by atoms with Gasteiger partial charge in [0.1, 0.15) is 18.1 Å². The zero-order valence-corrected chi connectivity index (χ0v) is 21.2. The lowest BCUT2D eigenvalue weighted by molar-refractivity contribution is -0.133. The van der Waals surface area contributed by atoms with Crippen LogP contribution < -0.4 is 14.2 Å². The van der Waals surface area contributed by atoms with Crippen LogP contribution in [-0.4, -0.2) is 61.8 Å². The van der Waals surface area contributed by atoms with Crippen LogP contribution in [-0.2, 0) is 22.6 Å². The highest BCUT2D eigenvalue weighted by Gasteiger charge is 2.24. The lowest BCUT2D eigenvalue weighted by Crippen LogP contribution is -2.43. The molecule has 2 aromatic carbocycles. The van der Waals surface area contributed by atoms with Crippen molar-refractivity contribution < 1.29 is 33.0 Å². The molecule has 4 rings (SSSR count).